The predicted molar refractivity (Wildman–Crippen MR) is 328 cm³/mol. The molecule has 6 aromatic rings. The summed E-state index contributed by atoms with van der Waals surface area (Å²) in [7, 11) is 13.9. The van der Waals surface area contributed by atoms with Crippen LogP contribution in [0, 0.1) is 0 Å². The molecule has 0 aromatic heterocycles. The third kappa shape index (κ3) is 18.1. The number of nitrogens with one attached hydrogen (secondary N) is 1. The molecule has 11 heteroatoms. The van der Waals surface area contributed by atoms with E-state index >= 15 is 0 Å². The van der Waals surface area contributed by atoms with Gasteiger partial charge in [-0.1, -0.05) is 203 Å². The van der Waals surface area contributed by atoms with E-state index in [1.54, 1.807) is 0 Å². The minimum atomic E-state index is -1.02. The number of Topliss-reactive ketones (excluding diaryl/α,β-unsaturated/α-hetero) is 3. The van der Waals surface area contributed by atoms with Crippen LogP contribution in [0.15, 0.2) is 182 Å². The molecule has 80 heavy (non-hydrogen) atoms. The van der Waals surface area contributed by atoms with Crippen molar-refractivity contribution in [1.29, 1.82) is 0 Å². The third-order valence-electron chi connectivity index (χ3n) is 15.7. The van der Waals surface area contributed by atoms with Crippen molar-refractivity contribution in [2.45, 2.75) is 133 Å². The maximum absolute atomic E-state index is 13.2. The van der Waals surface area contributed by atoms with E-state index in [1.165, 1.54) is 7.05 Å². The van der Waals surface area contributed by atoms with Gasteiger partial charge >= 0.3 is 11.9 Å². The highest BCUT2D eigenvalue weighted by atomic mass is 16.4. The number of carboxylic acids is 2. The van der Waals surface area contributed by atoms with Crippen LogP contribution >= 0.6 is 0 Å². The van der Waals surface area contributed by atoms with E-state index < -0.39 is 34.2 Å². The zero-order valence-electron chi connectivity index (χ0n) is 50.1. The van der Waals surface area contributed by atoms with Crippen molar-refractivity contribution in [2.75, 3.05) is 49.3 Å². The molecular formula is C69H92N4O7. The first-order valence-electron chi connectivity index (χ1n) is 28.2. The van der Waals surface area contributed by atoms with Crippen LogP contribution in [0.1, 0.15) is 126 Å². The standard InChI is InChI=1S/3C21H27NO.C6H11NO4/c3*1-5-20(23)21(16-17(2)22(3)4,18-12-8-6-9-13-18)19-14-10-7-11-15-19;1-7-4(6(10)11)2-3-5(8)9/h3*6-15,17H,5,16H2,1-4H3;4,7H,2-3H2,1H3,(H,8,9)(H,10,11)/t2*17-;;4-/m11.0/s1. The molecule has 0 aliphatic heterocycles. The molecule has 6 aromatic carbocycles. The summed E-state index contributed by atoms with van der Waals surface area (Å²) in [5.74, 6) is -1.16. The lowest BCUT2D eigenvalue weighted by Crippen LogP contribution is -2.42. The van der Waals surface area contributed by atoms with Crippen LogP contribution in [-0.4, -0.2) is 128 Å². The normalized spacial score (nSPS) is 13.0. The molecule has 0 aliphatic carbocycles. The number of ketones is 3. The second-order valence-electron chi connectivity index (χ2n) is 21.4. The molecule has 11 nitrogen and oxygen atoms in total. The molecule has 0 aliphatic rings. The van der Waals surface area contributed by atoms with Gasteiger partial charge in [0.15, 0.2) is 0 Å². The van der Waals surface area contributed by atoms with Crippen LogP contribution in [0.25, 0.3) is 0 Å². The lowest BCUT2D eigenvalue weighted by Gasteiger charge is -2.37. The molecule has 0 bridgehead atoms. The summed E-state index contributed by atoms with van der Waals surface area (Å²) in [5.41, 5.74) is 4.79. The Morgan fingerprint density at radius 1 is 0.400 bits per heavy atom. The number of aliphatic carboxylic acids is 2. The first-order chi connectivity index (χ1) is 38.1. The van der Waals surface area contributed by atoms with E-state index in [4.69, 9.17) is 10.2 Å². The number of hydrogen-bond donors (Lipinski definition) is 3. The fraction of sp³-hybridized carbons (Fsp3) is 0.406. The van der Waals surface area contributed by atoms with Gasteiger partial charge in [-0.3, -0.25) is 24.0 Å². The molecule has 0 saturated heterocycles. The van der Waals surface area contributed by atoms with Crippen LogP contribution in [0.3, 0.4) is 0 Å². The van der Waals surface area contributed by atoms with Crippen LogP contribution in [0.4, 0.5) is 0 Å². The highest BCUT2D eigenvalue weighted by Gasteiger charge is 2.44. The van der Waals surface area contributed by atoms with Crippen molar-refractivity contribution in [3.63, 3.8) is 0 Å². The zero-order chi connectivity index (χ0) is 59.5. The smallest absolute Gasteiger partial charge is 0.320 e. The van der Waals surface area contributed by atoms with Crippen molar-refractivity contribution in [3.05, 3.63) is 215 Å². The van der Waals surface area contributed by atoms with Crippen molar-refractivity contribution >= 4 is 29.3 Å². The molecule has 6 rings (SSSR count). The highest BCUT2D eigenvalue weighted by Crippen LogP contribution is 2.42. The van der Waals surface area contributed by atoms with E-state index in [2.05, 4.69) is 156 Å². The van der Waals surface area contributed by atoms with Crippen LogP contribution in [-0.2, 0) is 40.2 Å². The number of carboxylic acid groups (broad SMARTS) is 2. The van der Waals surface area contributed by atoms with E-state index in [9.17, 15) is 24.0 Å². The fourth-order valence-electron chi connectivity index (χ4n) is 10.3. The van der Waals surface area contributed by atoms with Gasteiger partial charge in [0.25, 0.3) is 0 Å². The zero-order valence-corrected chi connectivity index (χ0v) is 50.1. The molecular weight excluding hydrogens is 997 g/mol. The van der Waals surface area contributed by atoms with Gasteiger partial charge in [0, 0.05) is 43.8 Å². The average molecular weight is 1090 g/mol. The Morgan fingerprint density at radius 2 is 0.600 bits per heavy atom. The van der Waals surface area contributed by atoms with Crippen LogP contribution in [0.2, 0.25) is 0 Å². The Kier molecular flexibility index (Phi) is 28.3. The summed E-state index contributed by atoms with van der Waals surface area (Å²) in [4.78, 5) is 66.4. The Morgan fingerprint density at radius 3 is 0.738 bits per heavy atom. The quantitative estimate of drug-likeness (QED) is 0.0477. The Labute approximate surface area is 479 Å². The molecule has 0 spiro atoms. The van der Waals surface area contributed by atoms with Crippen molar-refractivity contribution in [2.24, 2.45) is 0 Å². The first kappa shape index (κ1) is 67.4. The van der Waals surface area contributed by atoms with Crippen LogP contribution in [0.5, 0.6) is 0 Å². The third-order valence-corrected chi connectivity index (χ3v) is 15.7. The van der Waals surface area contributed by atoms with E-state index in [0.29, 0.717) is 37.4 Å². The van der Waals surface area contributed by atoms with Gasteiger partial charge in [0.1, 0.15) is 23.4 Å². The first-order valence-corrected chi connectivity index (χ1v) is 28.2. The second kappa shape index (κ2) is 33.6. The van der Waals surface area contributed by atoms with E-state index in [-0.39, 0.29) is 30.2 Å². The summed E-state index contributed by atoms with van der Waals surface area (Å²) in [5, 5.41) is 19.1. The number of benzene rings is 6. The molecule has 0 saturated carbocycles. The minimum absolute atomic E-state index is 0.112. The molecule has 3 N–H and O–H groups in total. The van der Waals surface area contributed by atoms with Crippen LogP contribution < -0.4 is 5.32 Å². The van der Waals surface area contributed by atoms with Gasteiger partial charge in [0.05, 0.1) is 16.2 Å². The lowest BCUT2D eigenvalue weighted by molar-refractivity contribution is -0.140. The summed E-state index contributed by atoms with van der Waals surface area (Å²) >= 11 is 0. The van der Waals surface area contributed by atoms with Gasteiger partial charge in [-0.2, -0.15) is 0 Å². The SMILES string of the molecule is CCC(=O)C(CC(C)N(C)C)(c1ccccc1)c1ccccc1.CCC(=O)C(C[C@@H](C)N(C)C)(c1ccccc1)c1ccccc1.CCC(=O)C(C[C@@H](C)N(C)C)(c1ccccc1)c1ccccc1.CN[C@@H](CCC(=O)O)C(=O)O. The topological polar surface area (TPSA) is 148 Å². The highest BCUT2D eigenvalue weighted by molar-refractivity contribution is 5.95. The molecule has 430 valence electrons. The Bertz CT molecular complexity index is 2350. The van der Waals surface area contributed by atoms with Gasteiger partial charge in [-0.05, 0) is 129 Å². The molecule has 0 fully saturated rings. The molecule has 1 unspecified atom stereocenters. The van der Waals surface area contributed by atoms with Gasteiger partial charge in [0.2, 0.25) is 0 Å². The number of hydrogen-bond acceptors (Lipinski definition) is 9. The van der Waals surface area contributed by atoms with Gasteiger partial charge in [-0.25, -0.2) is 0 Å². The molecule has 0 heterocycles. The largest absolute Gasteiger partial charge is 0.481 e. The number of carbonyl (C=O) groups excluding carboxylic acids is 3. The van der Waals surface area contributed by atoms with Crippen molar-refractivity contribution in [1.82, 2.24) is 20.0 Å². The number of rotatable bonds is 26. The maximum Gasteiger partial charge on any atom is 0.320 e. The van der Waals surface area contributed by atoms with Crippen molar-refractivity contribution < 1.29 is 34.2 Å². The summed E-state index contributed by atoms with van der Waals surface area (Å²) in [6, 6.07) is 61.5. The molecule has 4 atom stereocenters. The molecule has 0 amide bonds. The number of nitrogens with zero attached hydrogens (tertiary/aromatic N) is 3. The Hall–Kier alpha value is -6.89. The predicted octanol–water partition coefficient (Wildman–Crippen LogP) is 12.4. The van der Waals surface area contributed by atoms with Crippen molar-refractivity contribution in [3.8, 4) is 0 Å². The van der Waals surface area contributed by atoms with E-state index in [0.717, 1.165) is 52.6 Å². The van der Waals surface area contributed by atoms with E-state index in [1.807, 2.05) is 130 Å². The maximum atomic E-state index is 13.2. The molecule has 0 radical (unpaired) electrons. The average Bonchev–Trinajstić information content (AvgIpc) is 3.60. The number of carbonyl (C=O) groups is 5. The summed E-state index contributed by atoms with van der Waals surface area (Å²) in [6.07, 6.45) is 3.92. The Balaban J connectivity index is 0.000000289. The monoisotopic (exact) mass is 1090 g/mol. The van der Waals surface area contributed by atoms with Gasteiger partial charge in [-0.15, -0.1) is 0 Å². The van der Waals surface area contributed by atoms with Gasteiger partial charge < -0.3 is 30.2 Å². The lowest BCUT2D eigenvalue weighted by atomic mass is 9.67. The summed E-state index contributed by atoms with van der Waals surface area (Å²) < 4.78 is 0. The fourth-order valence-corrected chi connectivity index (χ4v) is 10.3. The minimum Gasteiger partial charge on any atom is -0.481 e. The summed E-state index contributed by atoms with van der Waals surface area (Å²) in [6.45, 7) is 12.4. The number of likely N-dealkylation sites (N-methyl/N-ethyl adjacent to an activating group) is 1. The second-order valence-corrected chi connectivity index (χ2v) is 21.4.